The molecule has 0 amide bonds. The fraction of sp³-hybridized carbons (Fsp3) is 0.500. The Labute approximate surface area is 132 Å². The third kappa shape index (κ3) is 4.11. The number of halogens is 3. The Morgan fingerprint density at radius 1 is 1.38 bits per heavy atom. The maximum absolute atomic E-state index is 13.0. The van der Waals surface area contributed by atoms with Gasteiger partial charge in [0.2, 0.25) is 0 Å². The Hall–Kier alpha value is -0.793. The largest absolute Gasteiger partial charge is 0.361 e. The summed E-state index contributed by atoms with van der Waals surface area (Å²) in [5.41, 5.74) is 0.514. The van der Waals surface area contributed by atoms with Gasteiger partial charge in [-0.2, -0.15) is 0 Å². The van der Waals surface area contributed by atoms with Gasteiger partial charge in [-0.1, -0.05) is 19.6 Å². The number of pyridine rings is 1. The summed E-state index contributed by atoms with van der Waals surface area (Å²) in [5.74, 6) is 0. The molecule has 0 spiro atoms. The molecule has 0 radical (unpaired) electrons. The van der Waals surface area contributed by atoms with Crippen LogP contribution in [-0.2, 0) is 11.5 Å². The molecule has 3 nitrogen and oxygen atoms in total. The van der Waals surface area contributed by atoms with Crippen molar-refractivity contribution in [1.29, 1.82) is 0 Å². The Bertz CT molecular complexity index is 625. The fourth-order valence-corrected chi connectivity index (χ4v) is 3.42. The van der Waals surface area contributed by atoms with Crippen LogP contribution in [0.4, 0.5) is 8.78 Å². The Kier molecular flexibility index (Phi) is 5.16. The van der Waals surface area contributed by atoms with Gasteiger partial charge in [-0.15, -0.1) is 0 Å². The van der Waals surface area contributed by atoms with Gasteiger partial charge in [-0.3, -0.25) is 0 Å². The summed E-state index contributed by atoms with van der Waals surface area (Å²) < 4.78 is 34.1. The summed E-state index contributed by atoms with van der Waals surface area (Å²) in [6.45, 7) is 7.87. The number of aromatic nitrogens is 2. The second kappa shape index (κ2) is 6.54. The maximum atomic E-state index is 13.0. The smallest absolute Gasteiger partial charge is 0.264 e. The minimum absolute atomic E-state index is 0.00674. The highest BCUT2D eigenvalue weighted by Gasteiger charge is 2.18. The van der Waals surface area contributed by atoms with Crippen molar-refractivity contribution in [2.75, 3.05) is 6.61 Å². The fourth-order valence-electron chi connectivity index (χ4n) is 2.01. The number of alkyl halides is 2. The third-order valence-electron chi connectivity index (χ3n) is 3.21. The van der Waals surface area contributed by atoms with Gasteiger partial charge in [0.05, 0.1) is 0 Å². The summed E-state index contributed by atoms with van der Waals surface area (Å²) in [6.07, 6.45) is 0.642. The lowest BCUT2D eigenvalue weighted by molar-refractivity contribution is 0.0898. The van der Waals surface area contributed by atoms with Crippen molar-refractivity contribution in [1.82, 2.24) is 9.55 Å². The van der Waals surface area contributed by atoms with Gasteiger partial charge in [0.15, 0.2) is 0 Å². The standard InChI is InChI=1S/C14H19BrF2N2OSi/c1-21(2,3)7-6-20-9-19-8-11(15)12-10(13(16)17)4-5-18-14(12)19/h4-5,8,13H,6-7,9H2,1-3H3. The van der Waals surface area contributed by atoms with Gasteiger partial charge in [0.1, 0.15) is 12.4 Å². The minimum atomic E-state index is -2.52. The van der Waals surface area contributed by atoms with Gasteiger partial charge in [0.25, 0.3) is 6.43 Å². The van der Waals surface area contributed by atoms with Gasteiger partial charge in [-0.25, -0.2) is 13.8 Å². The molecule has 0 saturated heterocycles. The summed E-state index contributed by atoms with van der Waals surface area (Å²) in [7, 11) is -1.13. The predicted octanol–water partition coefficient (Wildman–Crippen LogP) is 5.05. The van der Waals surface area contributed by atoms with Crippen LogP contribution in [0, 0.1) is 0 Å². The van der Waals surface area contributed by atoms with E-state index in [0.717, 1.165) is 6.04 Å². The van der Waals surface area contributed by atoms with E-state index in [1.807, 2.05) is 0 Å². The van der Waals surface area contributed by atoms with Crippen LogP contribution in [-0.4, -0.2) is 24.2 Å². The third-order valence-corrected chi connectivity index (χ3v) is 5.51. The zero-order chi connectivity index (χ0) is 15.6. The van der Waals surface area contributed by atoms with E-state index >= 15 is 0 Å². The van der Waals surface area contributed by atoms with E-state index in [1.165, 1.54) is 12.3 Å². The first kappa shape index (κ1) is 16.6. The summed E-state index contributed by atoms with van der Waals surface area (Å²) >= 11 is 3.33. The maximum Gasteiger partial charge on any atom is 0.264 e. The average Bonchev–Trinajstić information content (AvgIpc) is 2.71. The predicted molar refractivity (Wildman–Crippen MR) is 86.5 cm³/mol. The summed E-state index contributed by atoms with van der Waals surface area (Å²) in [5, 5.41) is 0.460. The van der Waals surface area contributed by atoms with Crippen LogP contribution in [0.2, 0.25) is 25.7 Å². The first-order valence-corrected chi connectivity index (χ1v) is 11.3. The van der Waals surface area contributed by atoms with Gasteiger partial charge >= 0.3 is 0 Å². The molecule has 0 fully saturated rings. The highest BCUT2D eigenvalue weighted by Crippen LogP contribution is 2.33. The molecule has 7 heteroatoms. The molecule has 2 aromatic rings. The first-order valence-electron chi connectivity index (χ1n) is 6.79. The normalized spacial score (nSPS) is 12.5. The molecule has 0 saturated carbocycles. The van der Waals surface area contributed by atoms with Crippen molar-refractivity contribution in [2.45, 2.75) is 38.8 Å². The van der Waals surface area contributed by atoms with Crippen molar-refractivity contribution in [3.63, 3.8) is 0 Å². The topological polar surface area (TPSA) is 27.1 Å². The van der Waals surface area contributed by atoms with E-state index in [2.05, 4.69) is 40.6 Å². The van der Waals surface area contributed by atoms with E-state index in [4.69, 9.17) is 4.74 Å². The minimum Gasteiger partial charge on any atom is -0.361 e. The molecular formula is C14H19BrF2N2OSi. The van der Waals surface area contributed by atoms with Crippen LogP contribution in [0.15, 0.2) is 22.9 Å². The van der Waals surface area contributed by atoms with E-state index in [0.29, 0.717) is 28.8 Å². The van der Waals surface area contributed by atoms with Crippen LogP contribution < -0.4 is 0 Å². The van der Waals surface area contributed by atoms with Crippen LogP contribution in [0.5, 0.6) is 0 Å². The second-order valence-corrected chi connectivity index (χ2v) is 12.7. The number of ether oxygens (including phenoxy) is 1. The molecule has 2 aromatic heterocycles. The van der Waals surface area contributed by atoms with E-state index in [1.54, 1.807) is 10.8 Å². The van der Waals surface area contributed by atoms with Crippen molar-refractivity contribution < 1.29 is 13.5 Å². The Morgan fingerprint density at radius 2 is 2.10 bits per heavy atom. The molecule has 0 atom stereocenters. The van der Waals surface area contributed by atoms with E-state index in [-0.39, 0.29) is 5.56 Å². The van der Waals surface area contributed by atoms with Crippen LogP contribution >= 0.6 is 15.9 Å². The molecule has 0 aliphatic rings. The molecule has 0 unspecified atom stereocenters. The summed E-state index contributed by atoms with van der Waals surface area (Å²) in [4.78, 5) is 4.20. The summed E-state index contributed by atoms with van der Waals surface area (Å²) in [6, 6.07) is 2.43. The molecule has 2 heterocycles. The Balaban J connectivity index is 2.17. The molecular weight excluding hydrogens is 358 g/mol. The lowest BCUT2D eigenvalue weighted by Gasteiger charge is -2.15. The lowest BCUT2D eigenvalue weighted by Crippen LogP contribution is -2.22. The number of hydrogen-bond donors (Lipinski definition) is 0. The van der Waals surface area contributed by atoms with Gasteiger partial charge < -0.3 is 9.30 Å². The monoisotopic (exact) mass is 376 g/mol. The molecule has 0 aliphatic heterocycles. The number of hydrogen-bond acceptors (Lipinski definition) is 2. The number of fused-ring (bicyclic) bond motifs is 1. The number of nitrogens with zero attached hydrogens (tertiary/aromatic N) is 2. The molecule has 0 aromatic carbocycles. The SMILES string of the molecule is C[Si](C)(C)CCOCn1cc(Br)c2c(C(F)F)ccnc21. The highest BCUT2D eigenvalue weighted by molar-refractivity contribution is 9.10. The average molecular weight is 377 g/mol. The highest BCUT2D eigenvalue weighted by atomic mass is 79.9. The van der Waals surface area contributed by atoms with E-state index < -0.39 is 14.5 Å². The van der Waals surface area contributed by atoms with Crippen molar-refractivity contribution >= 4 is 35.0 Å². The molecule has 0 bridgehead atoms. The van der Waals surface area contributed by atoms with Gasteiger partial charge in [0, 0.05) is 42.5 Å². The molecule has 0 aliphatic carbocycles. The van der Waals surface area contributed by atoms with Crippen molar-refractivity contribution in [3.8, 4) is 0 Å². The zero-order valence-corrected chi connectivity index (χ0v) is 15.0. The lowest BCUT2D eigenvalue weighted by atomic mass is 10.2. The van der Waals surface area contributed by atoms with Crippen LogP contribution in [0.3, 0.4) is 0 Å². The quantitative estimate of drug-likeness (QED) is 0.520. The van der Waals surface area contributed by atoms with Gasteiger partial charge in [-0.05, 0) is 28.0 Å². The molecule has 2 rings (SSSR count). The van der Waals surface area contributed by atoms with Crippen molar-refractivity contribution in [2.24, 2.45) is 0 Å². The second-order valence-electron chi connectivity index (χ2n) is 6.19. The van der Waals surface area contributed by atoms with Crippen molar-refractivity contribution in [3.05, 3.63) is 28.5 Å². The van der Waals surface area contributed by atoms with Crippen LogP contribution in [0.25, 0.3) is 11.0 Å². The first-order chi connectivity index (χ1) is 9.79. The van der Waals surface area contributed by atoms with E-state index in [9.17, 15) is 8.78 Å². The number of rotatable bonds is 6. The zero-order valence-electron chi connectivity index (χ0n) is 12.4. The molecule has 116 valence electrons. The Morgan fingerprint density at radius 3 is 2.71 bits per heavy atom. The molecule has 0 N–H and O–H groups in total. The molecule has 21 heavy (non-hydrogen) atoms. The van der Waals surface area contributed by atoms with Crippen LogP contribution in [0.1, 0.15) is 12.0 Å².